The predicted molar refractivity (Wildman–Crippen MR) is 74.4 cm³/mol. The number of nitrogens with zero attached hydrogens (tertiary/aromatic N) is 2. The normalized spacial score (nSPS) is 22.0. The van der Waals surface area contributed by atoms with Crippen LogP contribution in [-0.2, 0) is 4.74 Å². The first-order valence-corrected chi connectivity index (χ1v) is 6.80. The van der Waals surface area contributed by atoms with Gasteiger partial charge in [-0.1, -0.05) is 0 Å². The number of amides is 1. The van der Waals surface area contributed by atoms with E-state index in [0.29, 0.717) is 11.8 Å². The Morgan fingerprint density at radius 1 is 1.40 bits per heavy atom. The summed E-state index contributed by atoms with van der Waals surface area (Å²) in [6.45, 7) is 5.63. The lowest BCUT2D eigenvalue weighted by molar-refractivity contribution is 0.0634. The Labute approximate surface area is 118 Å². The lowest BCUT2D eigenvalue weighted by atomic mass is 9.72. The van der Waals surface area contributed by atoms with E-state index in [1.165, 1.54) is 0 Å². The van der Waals surface area contributed by atoms with Crippen molar-refractivity contribution in [1.82, 2.24) is 9.97 Å². The zero-order chi connectivity index (χ0) is 14.8. The minimum atomic E-state index is -0.561. The molecule has 6 nitrogen and oxygen atoms in total. The molecule has 1 aliphatic rings. The molecule has 2 rings (SSSR count). The molecule has 0 saturated heterocycles. The fourth-order valence-electron chi connectivity index (χ4n) is 2.17. The SMILES string of the molecule is CC(C)(C)OC(=O)Nc1ncc(C2CC(CO)C2)cn1. The Hall–Kier alpha value is -1.69. The summed E-state index contributed by atoms with van der Waals surface area (Å²) < 4.78 is 5.12. The van der Waals surface area contributed by atoms with Gasteiger partial charge in [0.2, 0.25) is 5.95 Å². The van der Waals surface area contributed by atoms with Gasteiger partial charge in [-0.2, -0.15) is 0 Å². The second-order valence-corrected chi connectivity index (χ2v) is 6.18. The van der Waals surface area contributed by atoms with E-state index in [1.807, 2.05) is 0 Å². The second-order valence-electron chi connectivity index (χ2n) is 6.18. The molecule has 1 heterocycles. The molecule has 1 aromatic rings. The number of aliphatic hydroxyl groups is 1. The smallest absolute Gasteiger partial charge is 0.414 e. The maximum atomic E-state index is 11.6. The summed E-state index contributed by atoms with van der Waals surface area (Å²) in [7, 11) is 0. The van der Waals surface area contributed by atoms with Gasteiger partial charge in [-0.15, -0.1) is 0 Å². The topological polar surface area (TPSA) is 84.3 Å². The van der Waals surface area contributed by atoms with Crippen LogP contribution < -0.4 is 5.32 Å². The van der Waals surface area contributed by atoms with Gasteiger partial charge < -0.3 is 9.84 Å². The fraction of sp³-hybridized carbons (Fsp3) is 0.643. The van der Waals surface area contributed by atoms with Gasteiger partial charge in [0.05, 0.1) is 0 Å². The highest BCUT2D eigenvalue weighted by atomic mass is 16.6. The van der Waals surface area contributed by atoms with E-state index in [9.17, 15) is 4.79 Å². The first-order chi connectivity index (χ1) is 9.37. The number of aromatic nitrogens is 2. The zero-order valence-electron chi connectivity index (χ0n) is 12.1. The fourth-order valence-corrected chi connectivity index (χ4v) is 2.17. The van der Waals surface area contributed by atoms with E-state index in [0.717, 1.165) is 18.4 Å². The third-order valence-electron chi connectivity index (χ3n) is 3.25. The van der Waals surface area contributed by atoms with Crippen molar-refractivity contribution in [3.05, 3.63) is 18.0 Å². The van der Waals surface area contributed by atoms with Crippen LogP contribution in [0.3, 0.4) is 0 Å². The Morgan fingerprint density at radius 3 is 2.50 bits per heavy atom. The molecule has 6 heteroatoms. The minimum absolute atomic E-state index is 0.237. The number of hydrogen-bond acceptors (Lipinski definition) is 5. The van der Waals surface area contributed by atoms with Crippen molar-refractivity contribution in [2.75, 3.05) is 11.9 Å². The van der Waals surface area contributed by atoms with Gasteiger partial charge in [-0.25, -0.2) is 14.8 Å². The predicted octanol–water partition coefficient (Wildman–Crippen LogP) is 2.31. The van der Waals surface area contributed by atoms with Crippen molar-refractivity contribution >= 4 is 12.0 Å². The Balaban J connectivity index is 1.87. The summed E-state index contributed by atoms with van der Waals surface area (Å²) in [5.41, 5.74) is 0.499. The van der Waals surface area contributed by atoms with Crippen molar-refractivity contribution < 1.29 is 14.6 Å². The molecule has 20 heavy (non-hydrogen) atoms. The Kier molecular flexibility index (Phi) is 4.23. The van der Waals surface area contributed by atoms with Gasteiger partial charge in [-0.05, 0) is 51.0 Å². The van der Waals surface area contributed by atoms with Crippen LogP contribution in [0.15, 0.2) is 12.4 Å². The first kappa shape index (κ1) is 14.7. The van der Waals surface area contributed by atoms with Crippen LogP contribution in [0.5, 0.6) is 0 Å². The number of carbonyl (C=O) groups is 1. The first-order valence-electron chi connectivity index (χ1n) is 6.80. The molecule has 0 radical (unpaired) electrons. The average molecular weight is 279 g/mol. The Morgan fingerprint density at radius 2 is 2.00 bits per heavy atom. The second kappa shape index (κ2) is 5.75. The van der Waals surface area contributed by atoms with Crippen molar-refractivity contribution in [2.24, 2.45) is 5.92 Å². The van der Waals surface area contributed by atoms with Crippen LogP contribution in [-0.4, -0.2) is 33.4 Å². The third-order valence-corrected chi connectivity index (χ3v) is 3.25. The van der Waals surface area contributed by atoms with Gasteiger partial charge in [0, 0.05) is 19.0 Å². The molecule has 1 aromatic heterocycles. The summed E-state index contributed by atoms with van der Waals surface area (Å²) >= 11 is 0. The van der Waals surface area contributed by atoms with Crippen molar-refractivity contribution in [2.45, 2.75) is 45.1 Å². The molecule has 0 aliphatic heterocycles. The molecule has 110 valence electrons. The molecule has 0 spiro atoms. The molecule has 0 aromatic carbocycles. The number of anilines is 1. The van der Waals surface area contributed by atoms with E-state index < -0.39 is 11.7 Å². The van der Waals surface area contributed by atoms with Crippen LogP contribution in [0.25, 0.3) is 0 Å². The van der Waals surface area contributed by atoms with Gasteiger partial charge in [0.1, 0.15) is 5.60 Å². The highest BCUT2D eigenvalue weighted by Gasteiger charge is 2.30. The summed E-state index contributed by atoms with van der Waals surface area (Å²) in [4.78, 5) is 19.8. The molecule has 0 bridgehead atoms. The summed E-state index contributed by atoms with van der Waals surface area (Å²) in [5, 5.41) is 11.5. The summed E-state index contributed by atoms with van der Waals surface area (Å²) in [5.74, 6) is 1.06. The number of nitrogens with one attached hydrogen (secondary N) is 1. The van der Waals surface area contributed by atoms with Crippen LogP contribution in [0.2, 0.25) is 0 Å². The van der Waals surface area contributed by atoms with E-state index >= 15 is 0 Å². The molecular weight excluding hydrogens is 258 g/mol. The number of aliphatic hydroxyl groups excluding tert-OH is 1. The number of rotatable bonds is 3. The molecule has 1 amide bonds. The quantitative estimate of drug-likeness (QED) is 0.887. The third kappa shape index (κ3) is 3.90. The largest absolute Gasteiger partial charge is 0.444 e. The molecule has 0 unspecified atom stereocenters. The highest BCUT2D eigenvalue weighted by Crippen LogP contribution is 2.40. The monoisotopic (exact) mass is 279 g/mol. The maximum Gasteiger partial charge on any atom is 0.414 e. The highest BCUT2D eigenvalue weighted by molar-refractivity contribution is 5.82. The van der Waals surface area contributed by atoms with Gasteiger partial charge in [-0.3, -0.25) is 5.32 Å². The van der Waals surface area contributed by atoms with Gasteiger partial charge in [0.15, 0.2) is 0 Å². The van der Waals surface area contributed by atoms with Crippen LogP contribution in [0, 0.1) is 5.92 Å². The average Bonchev–Trinajstić information content (AvgIpc) is 2.27. The van der Waals surface area contributed by atoms with Crippen LogP contribution in [0.1, 0.15) is 45.1 Å². The number of carbonyl (C=O) groups excluding carboxylic acids is 1. The molecule has 1 fully saturated rings. The molecule has 0 atom stereocenters. The number of hydrogen-bond donors (Lipinski definition) is 2. The van der Waals surface area contributed by atoms with Crippen LogP contribution in [0.4, 0.5) is 10.7 Å². The standard InChI is InChI=1S/C14H21N3O3/c1-14(2,3)20-13(19)17-12-15-6-11(7-16-12)10-4-9(5-10)8-18/h6-7,9-10,18H,4-5,8H2,1-3H3,(H,15,16,17,19). The van der Waals surface area contributed by atoms with Gasteiger partial charge in [0.25, 0.3) is 0 Å². The summed E-state index contributed by atoms with van der Waals surface area (Å²) in [6.07, 6.45) is 4.82. The maximum absolute atomic E-state index is 11.6. The molecular formula is C14H21N3O3. The summed E-state index contributed by atoms with van der Waals surface area (Å²) in [6, 6.07) is 0. The molecule has 1 aliphatic carbocycles. The van der Waals surface area contributed by atoms with Gasteiger partial charge >= 0.3 is 6.09 Å². The van der Waals surface area contributed by atoms with E-state index in [2.05, 4.69) is 15.3 Å². The van der Waals surface area contributed by atoms with Crippen LogP contribution >= 0.6 is 0 Å². The lowest BCUT2D eigenvalue weighted by Crippen LogP contribution is -2.28. The minimum Gasteiger partial charge on any atom is -0.444 e. The molecule has 2 N–H and O–H groups in total. The van der Waals surface area contributed by atoms with E-state index in [-0.39, 0.29) is 12.6 Å². The van der Waals surface area contributed by atoms with Crippen molar-refractivity contribution in [1.29, 1.82) is 0 Å². The number of ether oxygens (including phenoxy) is 1. The van der Waals surface area contributed by atoms with E-state index in [1.54, 1.807) is 33.2 Å². The van der Waals surface area contributed by atoms with Crippen molar-refractivity contribution in [3.63, 3.8) is 0 Å². The van der Waals surface area contributed by atoms with E-state index in [4.69, 9.17) is 9.84 Å². The zero-order valence-corrected chi connectivity index (χ0v) is 12.1. The Bertz CT molecular complexity index is 462. The lowest BCUT2D eigenvalue weighted by Gasteiger charge is -2.33. The molecule has 1 saturated carbocycles. The van der Waals surface area contributed by atoms with Crippen molar-refractivity contribution in [3.8, 4) is 0 Å².